The van der Waals surface area contributed by atoms with Crippen molar-refractivity contribution >= 4 is 17.4 Å². The Kier molecular flexibility index (Phi) is 3.93. The normalized spacial score (nSPS) is 12.6. The topological polar surface area (TPSA) is 67.9 Å². The molecule has 0 fully saturated rings. The van der Waals surface area contributed by atoms with E-state index in [1.807, 2.05) is 14.1 Å². The van der Waals surface area contributed by atoms with E-state index >= 15 is 0 Å². The van der Waals surface area contributed by atoms with Crippen LogP contribution in [0.3, 0.4) is 0 Å². The summed E-state index contributed by atoms with van der Waals surface area (Å²) in [6, 6.07) is 3.18. The Morgan fingerprint density at radius 2 is 1.90 bits per heavy atom. The fraction of sp³-hybridized carbons (Fsp3) is 0.286. The SMILES string of the molecule is CC(=O)Nc1cc2c(cc1C(=O)/C=C/N(C)C)OCO2. The Hall–Kier alpha value is -2.50. The molecule has 0 saturated heterocycles. The first-order valence-electron chi connectivity index (χ1n) is 6.07. The second-order valence-corrected chi connectivity index (χ2v) is 4.58. The Morgan fingerprint density at radius 1 is 1.25 bits per heavy atom. The molecule has 0 bridgehead atoms. The summed E-state index contributed by atoms with van der Waals surface area (Å²) >= 11 is 0. The summed E-state index contributed by atoms with van der Waals surface area (Å²) < 4.78 is 10.5. The van der Waals surface area contributed by atoms with E-state index in [1.54, 1.807) is 23.2 Å². The minimum atomic E-state index is -0.255. The summed E-state index contributed by atoms with van der Waals surface area (Å²) in [7, 11) is 3.64. The molecule has 0 atom stereocenters. The molecule has 0 radical (unpaired) electrons. The molecule has 106 valence electrons. The maximum Gasteiger partial charge on any atom is 0.231 e. The van der Waals surface area contributed by atoms with Crippen molar-refractivity contribution in [2.45, 2.75) is 6.92 Å². The lowest BCUT2D eigenvalue weighted by molar-refractivity contribution is -0.114. The number of ether oxygens (including phenoxy) is 2. The number of rotatable bonds is 4. The first-order valence-corrected chi connectivity index (χ1v) is 6.07. The van der Waals surface area contributed by atoms with E-state index in [-0.39, 0.29) is 18.5 Å². The van der Waals surface area contributed by atoms with Gasteiger partial charge in [-0.2, -0.15) is 0 Å². The fourth-order valence-electron chi connectivity index (χ4n) is 1.75. The predicted octanol–water partition coefficient (Wildman–Crippen LogP) is 1.63. The molecule has 6 heteroatoms. The number of hydrogen-bond donors (Lipinski definition) is 1. The van der Waals surface area contributed by atoms with E-state index in [9.17, 15) is 9.59 Å². The molecule has 1 aliphatic rings. The second kappa shape index (κ2) is 5.64. The second-order valence-electron chi connectivity index (χ2n) is 4.58. The molecule has 2 rings (SSSR count). The molecule has 0 aliphatic carbocycles. The van der Waals surface area contributed by atoms with Gasteiger partial charge in [-0.05, 0) is 6.07 Å². The highest BCUT2D eigenvalue weighted by Gasteiger charge is 2.20. The van der Waals surface area contributed by atoms with Crippen LogP contribution in [0.2, 0.25) is 0 Å². The lowest BCUT2D eigenvalue weighted by Crippen LogP contribution is -2.11. The number of amides is 1. The van der Waals surface area contributed by atoms with E-state index in [2.05, 4.69) is 5.32 Å². The first kappa shape index (κ1) is 13.9. The van der Waals surface area contributed by atoms with Crippen LogP contribution in [0, 0.1) is 0 Å². The largest absolute Gasteiger partial charge is 0.454 e. The molecular weight excluding hydrogens is 260 g/mol. The Labute approximate surface area is 117 Å². The molecule has 0 aromatic heterocycles. The third kappa shape index (κ3) is 3.09. The van der Waals surface area contributed by atoms with Crippen molar-refractivity contribution in [3.8, 4) is 11.5 Å². The molecule has 1 amide bonds. The van der Waals surface area contributed by atoms with Crippen molar-refractivity contribution in [3.05, 3.63) is 30.0 Å². The fourth-order valence-corrected chi connectivity index (χ4v) is 1.75. The zero-order chi connectivity index (χ0) is 14.7. The standard InChI is InChI=1S/C14H16N2O4/c1-9(17)15-11-7-14-13(19-8-20-14)6-10(11)12(18)4-5-16(2)3/h4-7H,8H2,1-3H3,(H,15,17)/b5-4+. The molecule has 0 spiro atoms. The molecule has 0 unspecified atom stereocenters. The van der Waals surface area contributed by atoms with Gasteiger partial charge in [0.05, 0.1) is 5.69 Å². The van der Waals surface area contributed by atoms with Crippen LogP contribution in [-0.2, 0) is 4.79 Å². The van der Waals surface area contributed by atoms with Crippen LogP contribution in [-0.4, -0.2) is 37.5 Å². The van der Waals surface area contributed by atoms with Crippen molar-refractivity contribution < 1.29 is 19.1 Å². The van der Waals surface area contributed by atoms with E-state index in [4.69, 9.17) is 9.47 Å². The van der Waals surface area contributed by atoms with Crippen molar-refractivity contribution in [1.82, 2.24) is 4.90 Å². The molecule has 20 heavy (non-hydrogen) atoms. The highest BCUT2D eigenvalue weighted by atomic mass is 16.7. The van der Waals surface area contributed by atoms with E-state index in [1.165, 1.54) is 13.0 Å². The monoisotopic (exact) mass is 276 g/mol. The number of carbonyl (C=O) groups excluding carboxylic acids is 2. The molecule has 1 aromatic rings. The van der Waals surface area contributed by atoms with Crippen LogP contribution in [0.15, 0.2) is 24.4 Å². The van der Waals surface area contributed by atoms with Gasteiger partial charge in [0.25, 0.3) is 0 Å². The Morgan fingerprint density at radius 3 is 2.50 bits per heavy atom. The maximum absolute atomic E-state index is 12.2. The highest BCUT2D eigenvalue weighted by Crippen LogP contribution is 2.37. The highest BCUT2D eigenvalue weighted by molar-refractivity contribution is 6.10. The van der Waals surface area contributed by atoms with E-state index in [0.29, 0.717) is 22.7 Å². The summed E-state index contributed by atoms with van der Waals surface area (Å²) in [6.45, 7) is 1.49. The van der Waals surface area contributed by atoms with Crippen LogP contribution < -0.4 is 14.8 Å². The van der Waals surface area contributed by atoms with Crippen LogP contribution >= 0.6 is 0 Å². The van der Waals surface area contributed by atoms with Gasteiger partial charge in [-0.1, -0.05) is 0 Å². The summed E-state index contributed by atoms with van der Waals surface area (Å²) in [5.74, 6) is 0.540. The molecule has 6 nitrogen and oxygen atoms in total. The maximum atomic E-state index is 12.2. The predicted molar refractivity (Wildman–Crippen MR) is 74.0 cm³/mol. The van der Waals surface area contributed by atoms with Gasteiger partial charge in [-0.3, -0.25) is 9.59 Å². The molecular formula is C14H16N2O4. The summed E-state index contributed by atoms with van der Waals surface area (Å²) in [5, 5.41) is 2.63. The summed E-state index contributed by atoms with van der Waals surface area (Å²) in [5.41, 5.74) is 0.776. The summed E-state index contributed by atoms with van der Waals surface area (Å²) in [4.78, 5) is 25.2. The van der Waals surface area contributed by atoms with Crippen LogP contribution in [0.4, 0.5) is 5.69 Å². The van der Waals surface area contributed by atoms with Crippen LogP contribution in [0.5, 0.6) is 11.5 Å². The van der Waals surface area contributed by atoms with Crippen LogP contribution in [0.1, 0.15) is 17.3 Å². The lowest BCUT2D eigenvalue weighted by atomic mass is 10.1. The van der Waals surface area contributed by atoms with Gasteiger partial charge in [-0.15, -0.1) is 0 Å². The lowest BCUT2D eigenvalue weighted by Gasteiger charge is -2.09. The number of hydrogen-bond acceptors (Lipinski definition) is 5. The van der Waals surface area contributed by atoms with Crippen molar-refractivity contribution in [3.63, 3.8) is 0 Å². The molecule has 1 heterocycles. The van der Waals surface area contributed by atoms with Gasteiger partial charge in [-0.25, -0.2) is 0 Å². The number of benzene rings is 1. The summed E-state index contributed by atoms with van der Waals surface area (Å²) in [6.07, 6.45) is 3.08. The van der Waals surface area contributed by atoms with Gasteiger partial charge in [0.2, 0.25) is 12.7 Å². The zero-order valence-electron chi connectivity index (χ0n) is 11.6. The minimum Gasteiger partial charge on any atom is -0.454 e. The van der Waals surface area contributed by atoms with Gasteiger partial charge in [0, 0.05) is 44.9 Å². The Balaban J connectivity index is 2.39. The van der Waals surface area contributed by atoms with Crippen LogP contribution in [0.25, 0.3) is 0 Å². The number of fused-ring (bicyclic) bond motifs is 1. The number of carbonyl (C=O) groups is 2. The Bertz CT molecular complexity index is 579. The minimum absolute atomic E-state index is 0.111. The zero-order valence-corrected chi connectivity index (χ0v) is 11.6. The molecule has 1 N–H and O–H groups in total. The van der Waals surface area contributed by atoms with Gasteiger partial charge in [0.1, 0.15) is 0 Å². The number of nitrogens with zero attached hydrogens (tertiary/aromatic N) is 1. The average molecular weight is 276 g/mol. The molecule has 0 saturated carbocycles. The smallest absolute Gasteiger partial charge is 0.231 e. The van der Waals surface area contributed by atoms with Crippen molar-refractivity contribution in [2.24, 2.45) is 0 Å². The van der Waals surface area contributed by atoms with Gasteiger partial charge in [0.15, 0.2) is 17.3 Å². The first-order chi connectivity index (χ1) is 9.47. The molecule has 1 aliphatic heterocycles. The van der Waals surface area contributed by atoms with Gasteiger partial charge >= 0.3 is 0 Å². The van der Waals surface area contributed by atoms with Crippen molar-refractivity contribution in [2.75, 3.05) is 26.2 Å². The average Bonchev–Trinajstić information content (AvgIpc) is 2.81. The number of nitrogens with one attached hydrogen (secondary N) is 1. The molecule has 1 aromatic carbocycles. The number of anilines is 1. The quantitative estimate of drug-likeness (QED) is 0.668. The number of ketones is 1. The third-order valence-electron chi connectivity index (χ3n) is 2.61. The van der Waals surface area contributed by atoms with Gasteiger partial charge < -0.3 is 19.7 Å². The van der Waals surface area contributed by atoms with Crippen molar-refractivity contribution in [1.29, 1.82) is 0 Å². The number of allylic oxidation sites excluding steroid dienone is 1. The van der Waals surface area contributed by atoms with E-state index in [0.717, 1.165) is 0 Å². The van der Waals surface area contributed by atoms with E-state index < -0.39 is 0 Å². The third-order valence-corrected chi connectivity index (χ3v) is 2.61.